The first kappa shape index (κ1) is 15.7. The maximum Gasteiger partial charge on any atom is 0.322 e. The van der Waals surface area contributed by atoms with Gasteiger partial charge in [0.05, 0.1) is 12.7 Å². The molecule has 2 rings (SSSR count). The lowest BCUT2D eigenvalue weighted by molar-refractivity contribution is -0.142. The largest absolute Gasteiger partial charge is 0.468 e. The molecule has 1 heterocycles. The molecule has 0 unspecified atom stereocenters. The van der Waals surface area contributed by atoms with Gasteiger partial charge in [-0.1, -0.05) is 12.1 Å². The summed E-state index contributed by atoms with van der Waals surface area (Å²) in [5.41, 5.74) is 7.73. The average Bonchev–Trinajstić information content (AvgIpc) is 2.56. The third-order valence-corrected chi connectivity index (χ3v) is 3.10. The molecule has 0 bridgehead atoms. The van der Waals surface area contributed by atoms with Crippen molar-refractivity contribution in [3.05, 3.63) is 59.9 Å². The number of nitrogens with zero attached hydrogens (tertiary/aromatic N) is 1. The molecule has 0 aliphatic heterocycles. The second kappa shape index (κ2) is 7.33. The number of carbonyl (C=O) groups is 2. The van der Waals surface area contributed by atoms with Gasteiger partial charge in [0, 0.05) is 18.1 Å². The fourth-order valence-electron chi connectivity index (χ4n) is 1.91. The molecule has 0 aliphatic carbocycles. The highest BCUT2D eigenvalue weighted by Gasteiger charge is 2.14. The van der Waals surface area contributed by atoms with Gasteiger partial charge in [0.25, 0.3) is 5.91 Å². The number of rotatable bonds is 5. The highest BCUT2D eigenvalue weighted by Crippen LogP contribution is 2.12. The Morgan fingerprint density at radius 2 is 2.00 bits per heavy atom. The van der Waals surface area contributed by atoms with Gasteiger partial charge in [0.1, 0.15) is 6.04 Å². The first-order chi connectivity index (χ1) is 10.6. The minimum atomic E-state index is -0.694. The number of methoxy groups -OCH3 is 1. The highest BCUT2D eigenvalue weighted by molar-refractivity contribution is 6.03. The predicted molar refractivity (Wildman–Crippen MR) is 82.3 cm³/mol. The third kappa shape index (κ3) is 4.13. The Balaban J connectivity index is 1.97. The maximum atomic E-state index is 12.0. The molecule has 6 heteroatoms. The van der Waals surface area contributed by atoms with Crippen molar-refractivity contribution >= 4 is 17.6 Å². The van der Waals surface area contributed by atoms with E-state index < -0.39 is 12.0 Å². The summed E-state index contributed by atoms with van der Waals surface area (Å²) in [6.45, 7) is 0. The van der Waals surface area contributed by atoms with Gasteiger partial charge in [0.2, 0.25) is 0 Å². The monoisotopic (exact) mass is 299 g/mol. The lowest BCUT2D eigenvalue weighted by Gasteiger charge is -2.10. The minimum absolute atomic E-state index is 0.230. The Hall–Kier alpha value is -2.73. The number of carbonyl (C=O) groups excluding carboxylic acids is 2. The topological polar surface area (TPSA) is 94.3 Å². The number of pyridine rings is 1. The summed E-state index contributed by atoms with van der Waals surface area (Å²) in [5, 5.41) is 2.77. The molecule has 2 aromatic rings. The van der Waals surface area contributed by atoms with E-state index in [4.69, 9.17) is 5.73 Å². The van der Waals surface area contributed by atoms with E-state index in [1.165, 1.54) is 13.3 Å². The van der Waals surface area contributed by atoms with Gasteiger partial charge in [-0.25, -0.2) is 0 Å². The molecule has 0 saturated carbocycles. The summed E-state index contributed by atoms with van der Waals surface area (Å²) in [6.07, 6.45) is 3.48. The van der Waals surface area contributed by atoms with Gasteiger partial charge in [-0.2, -0.15) is 0 Å². The smallest absolute Gasteiger partial charge is 0.322 e. The van der Waals surface area contributed by atoms with Gasteiger partial charge in [0.15, 0.2) is 0 Å². The van der Waals surface area contributed by atoms with Crippen LogP contribution in [-0.2, 0) is 16.0 Å². The minimum Gasteiger partial charge on any atom is -0.468 e. The summed E-state index contributed by atoms with van der Waals surface area (Å²) in [5.74, 6) is -0.680. The molecule has 22 heavy (non-hydrogen) atoms. The van der Waals surface area contributed by atoms with Crippen molar-refractivity contribution in [2.45, 2.75) is 12.5 Å². The Bertz CT molecular complexity index is 641. The molecule has 1 aromatic carbocycles. The van der Waals surface area contributed by atoms with Crippen LogP contribution in [0.5, 0.6) is 0 Å². The van der Waals surface area contributed by atoms with Gasteiger partial charge in [-0.15, -0.1) is 0 Å². The zero-order chi connectivity index (χ0) is 15.9. The van der Waals surface area contributed by atoms with Crippen molar-refractivity contribution in [1.82, 2.24) is 4.98 Å². The third-order valence-electron chi connectivity index (χ3n) is 3.10. The van der Waals surface area contributed by atoms with E-state index in [-0.39, 0.29) is 5.91 Å². The highest BCUT2D eigenvalue weighted by atomic mass is 16.5. The van der Waals surface area contributed by atoms with Crippen LogP contribution in [0.25, 0.3) is 0 Å². The second-order valence-electron chi connectivity index (χ2n) is 4.73. The Labute approximate surface area is 128 Å². The number of esters is 1. The first-order valence-corrected chi connectivity index (χ1v) is 6.74. The van der Waals surface area contributed by atoms with Gasteiger partial charge < -0.3 is 15.8 Å². The van der Waals surface area contributed by atoms with Crippen LogP contribution in [0.3, 0.4) is 0 Å². The summed E-state index contributed by atoms with van der Waals surface area (Å²) in [4.78, 5) is 27.1. The second-order valence-corrected chi connectivity index (χ2v) is 4.73. The number of aromatic nitrogens is 1. The van der Waals surface area contributed by atoms with Crippen LogP contribution in [0.1, 0.15) is 15.9 Å². The normalized spacial score (nSPS) is 11.5. The molecule has 114 valence electrons. The van der Waals surface area contributed by atoms with E-state index in [0.29, 0.717) is 17.7 Å². The summed E-state index contributed by atoms with van der Waals surface area (Å²) < 4.78 is 4.58. The van der Waals surface area contributed by atoms with Crippen molar-refractivity contribution in [3.8, 4) is 0 Å². The number of nitrogens with one attached hydrogen (secondary N) is 1. The average molecular weight is 299 g/mol. The number of hydrogen-bond acceptors (Lipinski definition) is 5. The standard InChI is InChI=1S/C16H17N3O3/c1-22-16(21)14(17)9-11-4-6-13(7-5-11)19-15(20)12-3-2-8-18-10-12/h2-8,10,14H,9,17H2,1H3,(H,19,20)/t14-/m0/s1. The molecule has 6 nitrogen and oxygen atoms in total. The van der Waals surface area contributed by atoms with Crippen LogP contribution >= 0.6 is 0 Å². The van der Waals surface area contributed by atoms with E-state index in [9.17, 15) is 9.59 Å². The molecule has 0 aliphatic rings. The van der Waals surface area contributed by atoms with E-state index in [1.54, 1.807) is 30.5 Å². The Morgan fingerprint density at radius 3 is 2.59 bits per heavy atom. The van der Waals surface area contributed by atoms with Crippen molar-refractivity contribution < 1.29 is 14.3 Å². The molecular formula is C16H17N3O3. The Morgan fingerprint density at radius 1 is 1.27 bits per heavy atom. The number of amides is 1. The zero-order valence-corrected chi connectivity index (χ0v) is 12.2. The van der Waals surface area contributed by atoms with E-state index in [0.717, 1.165) is 5.56 Å². The van der Waals surface area contributed by atoms with Gasteiger partial charge in [-0.3, -0.25) is 14.6 Å². The predicted octanol–water partition coefficient (Wildman–Crippen LogP) is 1.38. The van der Waals surface area contributed by atoms with E-state index >= 15 is 0 Å². The molecular weight excluding hydrogens is 282 g/mol. The van der Waals surface area contributed by atoms with Crippen molar-refractivity contribution in [2.75, 3.05) is 12.4 Å². The maximum absolute atomic E-state index is 12.0. The van der Waals surface area contributed by atoms with Crippen LogP contribution in [-0.4, -0.2) is 30.0 Å². The lowest BCUT2D eigenvalue weighted by Crippen LogP contribution is -2.33. The van der Waals surface area contributed by atoms with Gasteiger partial charge >= 0.3 is 5.97 Å². The van der Waals surface area contributed by atoms with Crippen LogP contribution in [0.2, 0.25) is 0 Å². The van der Waals surface area contributed by atoms with Crippen LogP contribution in [0, 0.1) is 0 Å². The number of benzene rings is 1. The number of nitrogens with two attached hydrogens (primary N) is 1. The van der Waals surface area contributed by atoms with Crippen LogP contribution < -0.4 is 11.1 Å². The van der Waals surface area contributed by atoms with E-state index in [2.05, 4.69) is 15.0 Å². The van der Waals surface area contributed by atoms with Crippen molar-refractivity contribution in [1.29, 1.82) is 0 Å². The molecule has 0 saturated heterocycles. The first-order valence-electron chi connectivity index (χ1n) is 6.74. The van der Waals surface area contributed by atoms with E-state index in [1.807, 2.05) is 12.1 Å². The molecule has 0 radical (unpaired) electrons. The summed E-state index contributed by atoms with van der Waals surface area (Å²) in [6, 6.07) is 9.82. The quantitative estimate of drug-likeness (QED) is 0.813. The zero-order valence-electron chi connectivity index (χ0n) is 12.2. The molecule has 1 amide bonds. The SMILES string of the molecule is COC(=O)[C@@H](N)Cc1ccc(NC(=O)c2cccnc2)cc1. The van der Waals surface area contributed by atoms with Crippen LogP contribution in [0.15, 0.2) is 48.8 Å². The fourth-order valence-corrected chi connectivity index (χ4v) is 1.91. The van der Waals surface area contributed by atoms with Gasteiger partial charge in [-0.05, 0) is 36.2 Å². The molecule has 3 N–H and O–H groups in total. The fraction of sp³-hybridized carbons (Fsp3) is 0.188. The number of hydrogen-bond donors (Lipinski definition) is 2. The summed E-state index contributed by atoms with van der Waals surface area (Å²) in [7, 11) is 1.30. The van der Waals surface area contributed by atoms with Crippen LogP contribution in [0.4, 0.5) is 5.69 Å². The summed E-state index contributed by atoms with van der Waals surface area (Å²) >= 11 is 0. The molecule has 1 aromatic heterocycles. The molecule has 1 atom stereocenters. The number of anilines is 1. The molecule has 0 spiro atoms. The van der Waals surface area contributed by atoms with Crippen molar-refractivity contribution in [3.63, 3.8) is 0 Å². The Kier molecular flexibility index (Phi) is 5.21. The lowest BCUT2D eigenvalue weighted by atomic mass is 10.1. The molecule has 0 fully saturated rings. The number of ether oxygens (including phenoxy) is 1. The van der Waals surface area contributed by atoms with Crippen molar-refractivity contribution in [2.24, 2.45) is 5.73 Å².